The minimum Gasteiger partial charge on any atom is -0.467 e. The lowest BCUT2D eigenvalue weighted by atomic mass is 9.89. The fourth-order valence-corrected chi connectivity index (χ4v) is 4.61. The highest BCUT2D eigenvalue weighted by Gasteiger charge is 2.62. The van der Waals surface area contributed by atoms with Crippen LogP contribution in [-0.4, -0.2) is 49.9 Å². The molecule has 0 bridgehead atoms. The fourth-order valence-electron chi connectivity index (χ4n) is 4.61. The normalized spacial score (nSPS) is 14.0. The number of alkyl halides is 3. The van der Waals surface area contributed by atoms with Gasteiger partial charge in [-0.2, -0.15) is 13.2 Å². The monoisotopic (exact) mass is 526 g/mol. The summed E-state index contributed by atoms with van der Waals surface area (Å²) in [7, 11) is 0.801. The zero-order valence-electron chi connectivity index (χ0n) is 20.4. The summed E-state index contributed by atoms with van der Waals surface area (Å²) in [5.74, 6) is -3.15. The SMILES string of the molecule is COC(=O)C(Cc1ccccc1)(NC(=O)CNC(=O)OCC1c2ccccc2-c2ccccc21)C(F)(F)F. The number of hydrogen-bond donors (Lipinski definition) is 2. The molecular weight excluding hydrogens is 501 g/mol. The molecule has 198 valence electrons. The Bertz CT molecular complexity index is 1280. The van der Waals surface area contributed by atoms with E-state index in [1.54, 1.807) is 11.4 Å². The number of carbonyl (C=O) groups is 3. The van der Waals surface area contributed by atoms with Crippen molar-refractivity contribution in [2.24, 2.45) is 0 Å². The Kier molecular flexibility index (Phi) is 7.70. The maximum absolute atomic E-state index is 14.2. The predicted octanol–water partition coefficient (Wildman–Crippen LogP) is 4.36. The molecule has 1 aliphatic rings. The number of methoxy groups -OCH3 is 1. The van der Waals surface area contributed by atoms with Gasteiger partial charge >= 0.3 is 18.2 Å². The third-order valence-electron chi connectivity index (χ3n) is 6.42. The van der Waals surface area contributed by atoms with Gasteiger partial charge in [-0.3, -0.25) is 4.79 Å². The van der Waals surface area contributed by atoms with E-state index in [0.717, 1.165) is 29.4 Å². The van der Waals surface area contributed by atoms with Crippen molar-refractivity contribution in [1.29, 1.82) is 0 Å². The molecule has 0 saturated heterocycles. The minimum atomic E-state index is -5.19. The van der Waals surface area contributed by atoms with Gasteiger partial charge in [-0.05, 0) is 27.8 Å². The summed E-state index contributed by atoms with van der Waals surface area (Å²) in [6.45, 7) is -0.885. The van der Waals surface area contributed by atoms with E-state index >= 15 is 0 Å². The fraction of sp³-hybridized carbons (Fsp3) is 0.250. The molecular formula is C28H25F3N2O5. The summed E-state index contributed by atoms with van der Waals surface area (Å²) in [6.07, 6.45) is -7.06. The van der Waals surface area contributed by atoms with E-state index in [-0.39, 0.29) is 18.1 Å². The van der Waals surface area contributed by atoms with Crippen molar-refractivity contribution in [3.63, 3.8) is 0 Å². The number of nitrogens with one attached hydrogen (secondary N) is 2. The average Bonchev–Trinajstić information content (AvgIpc) is 3.23. The molecule has 2 N–H and O–H groups in total. The molecule has 38 heavy (non-hydrogen) atoms. The summed E-state index contributed by atoms with van der Waals surface area (Å²) >= 11 is 0. The van der Waals surface area contributed by atoms with Crippen LogP contribution in [-0.2, 0) is 25.5 Å². The number of fused-ring (bicyclic) bond motifs is 3. The summed E-state index contributed by atoms with van der Waals surface area (Å²) < 4.78 is 52.2. The number of halogens is 3. The maximum Gasteiger partial charge on any atom is 0.422 e. The molecule has 1 unspecified atom stereocenters. The average molecular weight is 527 g/mol. The number of esters is 1. The smallest absolute Gasteiger partial charge is 0.422 e. The Morgan fingerprint density at radius 2 is 1.39 bits per heavy atom. The van der Waals surface area contributed by atoms with E-state index in [0.29, 0.717) is 0 Å². The Balaban J connectivity index is 1.40. The minimum absolute atomic E-state index is 0.0376. The summed E-state index contributed by atoms with van der Waals surface area (Å²) in [4.78, 5) is 37.2. The number of amides is 2. The first-order valence-corrected chi connectivity index (χ1v) is 11.7. The van der Waals surface area contributed by atoms with Crippen LogP contribution in [0.2, 0.25) is 0 Å². The number of ether oxygens (including phenoxy) is 2. The van der Waals surface area contributed by atoms with Crippen LogP contribution in [0.25, 0.3) is 11.1 Å². The van der Waals surface area contributed by atoms with Gasteiger partial charge in [0.1, 0.15) is 13.2 Å². The highest BCUT2D eigenvalue weighted by atomic mass is 19.4. The van der Waals surface area contributed by atoms with Gasteiger partial charge in [-0.1, -0.05) is 78.9 Å². The van der Waals surface area contributed by atoms with Crippen LogP contribution >= 0.6 is 0 Å². The zero-order valence-corrected chi connectivity index (χ0v) is 20.4. The van der Waals surface area contributed by atoms with Gasteiger partial charge in [-0.15, -0.1) is 0 Å². The zero-order chi connectivity index (χ0) is 27.3. The van der Waals surface area contributed by atoms with Crippen LogP contribution in [0.1, 0.15) is 22.6 Å². The lowest BCUT2D eigenvalue weighted by Gasteiger charge is -2.34. The van der Waals surface area contributed by atoms with Crippen LogP contribution in [0.3, 0.4) is 0 Å². The van der Waals surface area contributed by atoms with E-state index in [1.807, 2.05) is 48.5 Å². The number of carbonyl (C=O) groups excluding carboxylic acids is 3. The predicted molar refractivity (Wildman–Crippen MR) is 132 cm³/mol. The summed E-state index contributed by atoms with van der Waals surface area (Å²) in [5, 5.41) is 3.90. The van der Waals surface area contributed by atoms with Gasteiger partial charge < -0.3 is 20.1 Å². The number of rotatable bonds is 8. The highest BCUT2D eigenvalue weighted by molar-refractivity contribution is 5.91. The Morgan fingerprint density at radius 3 is 1.95 bits per heavy atom. The molecule has 0 heterocycles. The Hall–Kier alpha value is -4.34. The third-order valence-corrected chi connectivity index (χ3v) is 6.42. The summed E-state index contributed by atoms with van der Waals surface area (Å²) in [6, 6.07) is 22.8. The largest absolute Gasteiger partial charge is 0.467 e. The van der Waals surface area contributed by atoms with Crippen molar-refractivity contribution in [3.8, 4) is 11.1 Å². The molecule has 0 aromatic heterocycles. The highest BCUT2D eigenvalue weighted by Crippen LogP contribution is 2.44. The van der Waals surface area contributed by atoms with Gasteiger partial charge in [0, 0.05) is 12.3 Å². The van der Waals surface area contributed by atoms with E-state index in [1.165, 1.54) is 24.3 Å². The standard InChI is InChI=1S/C28H25F3N2O5/c1-37-25(35)27(28(29,30)31,15-18-9-3-2-4-10-18)33-24(34)16-32-26(36)38-17-23-21-13-7-5-11-19(21)20-12-6-8-14-22(20)23/h2-14,23H,15-17H2,1H3,(H,32,36)(H,33,34). The first kappa shape index (κ1) is 26.7. The molecule has 4 rings (SSSR count). The van der Waals surface area contributed by atoms with Crippen molar-refractivity contribution in [2.75, 3.05) is 20.3 Å². The van der Waals surface area contributed by atoms with Crippen LogP contribution in [0.15, 0.2) is 78.9 Å². The molecule has 1 aliphatic carbocycles. The van der Waals surface area contributed by atoms with Gasteiger partial charge in [0.2, 0.25) is 11.4 Å². The van der Waals surface area contributed by atoms with E-state index < -0.39 is 42.7 Å². The van der Waals surface area contributed by atoms with Gasteiger partial charge in [-0.25, -0.2) is 9.59 Å². The molecule has 3 aromatic carbocycles. The van der Waals surface area contributed by atoms with E-state index in [9.17, 15) is 27.6 Å². The van der Waals surface area contributed by atoms with Crippen molar-refractivity contribution >= 4 is 18.0 Å². The van der Waals surface area contributed by atoms with Crippen LogP contribution in [0.5, 0.6) is 0 Å². The molecule has 3 aromatic rings. The number of benzene rings is 3. The number of alkyl carbamates (subject to hydrolysis) is 1. The quantitative estimate of drug-likeness (QED) is 0.426. The molecule has 7 nitrogen and oxygen atoms in total. The molecule has 2 amide bonds. The van der Waals surface area contributed by atoms with Crippen molar-refractivity contribution in [1.82, 2.24) is 10.6 Å². The van der Waals surface area contributed by atoms with E-state index in [2.05, 4.69) is 10.1 Å². The third kappa shape index (κ3) is 5.34. The number of hydrogen-bond acceptors (Lipinski definition) is 5. The second kappa shape index (κ2) is 11.0. The Labute approximate surface area is 216 Å². The molecule has 0 saturated carbocycles. The first-order valence-electron chi connectivity index (χ1n) is 11.7. The first-order chi connectivity index (χ1) is 18.2. The maximum atomic E-state index is 14.2. The van der Waals surface area contributed by atoms with Gasteiger partial charge in [0.05, 0.1) is 7.11 Å². The Morgan fingerprint density at radius 1 is 0.842 bits per heavy atom. The van der Waals surface area contributed by atoms with Gasteiger partial charge in [0.25, 0.3) is 0 Å². The molecule has 0 fully saturated rings. The lowest BCUT2D eigenvalue weighted by Crippen LogP contribution is -2.66. The second-order valence-electron chi connectivity index (χ2n) is 8.78. The van der Waals surface area contributed by atoms with Gasteiger partial charge in [0.15, 0.2) is 0 Å². The molecule has 0 radical (unpaired) electrons. The van der Waals surface area contributed by atoms with Crippen LogP contribution in [0.4, 0.5) is 18.0 Å². The molecule has 1 atom stereocenters. The van der Waals surface area contributed by atoms with Crippen molar-refractivity contribution < 1.29 is 37.0 Å². The van der Waals surface area contributed by atoms with Crippen LogP contribution in [0, 0.1) is 0 Å². The summed E-state index contributed by atoms with van der Waals surface area (Å²) in [5.41, 5.74) is 0.826. The van der Waals surface area contributed by atoms with Crippen molar-refractivity contribution in [3.05, 3.63) is 95.6 Å². The molecule has 0 aliphatic heterocycles. The molecule has 0 spiro atoms. The molecule has 10 heteroatoms. The topological polar surface area (TPSA) is 93.7 Å². The lowest BCUT2D eigenvalue weighted by molar-refractivity contribution is -0.212. The van der Waals surface area contributed by atoms with Crippen LogP contribution < -0.4 is 10.6 Å². The van der Waals surface area contributed by atoms with E-state index in [4.69, 9.17) is 4.74 Å². The second-order valence-corrected chi connectivity index (χ2v) is 8.78. The van der Waals surface area contributed by atoms with Crippen molar-refractivity contribution in [2.45, 2.75) is 24.1 Å².